The average Bonchev–Trinajstić information content (AvgIpc) is 2.37. The van der Waals surface area contributed by atoms with Gasteiger partial charge in [0.1, 0.15) is 11.5 Å². The van der Waals surface area contributed by atoms with Crippen molar-refractivity contribution in [3.63, 3.8) is 0 Å². The Bertz CT molecular complexity index is 555. The lowest BCUT2D eigenvalue weighted by Gasteiger charge is -2.06. The van der Waals surface area contributed by atoms with E-state index in [1.165, 1.54) is 6.07 Å². The zero-order valence-corrected chi connectivity index (χ0v) is 9.96. The van der Waals surface area contributed by atoms with Crippen molar-refractivity contribution in [1.82, 2.24) is 4.98 Å². The van der Waals surface area contributed by atoms with Gasteiger partial charge in [-0.2, -0.15) is 0 Å². The van der Waals surface area contributed by atoms with E-state index >= 15 is 0 Å². The molecule has 5 nitrogen and oxygen atoms in total. The highest BCUT2D eigenvalue weighted by Crippen LogP contribution is 2.18. The summed E-state index contributed by atoms with van der Waals surface area (Å²) >= 11 is 0. The molecule has 0 aliphatic carbocycles. The second-order valence-electron chi connectivity index (χ2n) is 3.90. The molecule has 18 heavy (non-hydrogen) atoms. The van der Waals surface area contributed by atoms with Crippen LogP contribution in [0.4, 0.5) is 11.5 Å². The molecule has 1 aromatic heterocycles. The van der Waals surface area contributed by atoms with Gasteiger partial charge in [0.25, 0.3) is 5.69 Å². The Morgan fingerprint density at radius 3 is 2.56 bits per heavy atom. The normalized spacial score (nSPS) is 10.1. The third-order valence-corrected chi connectivity index (χ3v) is 2.57. The molecule has 0 amide bonds. The number of anilines is 1. The predicted octanol–water partition coefficient (Wildman–Crippen LogP) is 2.91. The van der Waals surface area contributed by atoms with Crippen LogP contribution in [-0.4, -0.2) is 9.91 Å². The first-order valence-electron chi connectivity index (χ1n) is 5.56. The van der Waals surface area contributed by atoms with Crippen LogP contribution in [0.5, 0.6) is 0 Å². The molecular formula is C13H13N3O2. The second-order valence-corrected chi connectivity index (χ2v) is 3.90. The molecule has 0 unspecified atom stereocenters. The number of pyridine rings is 1. The molecule has 0 radical (unpaired) electrons. The zero-order chi connectivity index (χ0) is 13.0. The summed E-state index contributed by atoms with van der Waals surface area (Å²) in [6.45, 7) is 2.27. The van der Waals surface area contributed by atoms with E-state index in [-0.39, 0.29) is 5.69 Å². The summed E-state index contributed by atoms with van der Waals surface area (Å²) in [5.74, 6) is 0.641. The Morgan fingerprint density at radius 2 is 1.94 bits per heavy atom. The van der Waals surface area contributed by atoms with Crippen molar-refractivity contribution in [3.05, 3.63) is 63.8 Å². The Kier molecular flexibility index (Phi) is 3.52. The molecule has 2 aromatic rings. The minimum atomic E-state index is -0.427. The van der Waals surface area contributed by atoms with Gasteiger partial charge in [-0.15, -0.1) is 0 Å². The number of nitro groups is 1. The second kappa shape index (κ2) is 5.27. The van der Waals surface area contributed by atoms with Gasteiger partial charge < -0.3 is 5.32 Å². The third kappa shape index (κ3) is 2.82. The van der Waals surface area contributed by atoms with E-state index in [2.05, 4.69) is 10.3 Å². The van der Waals surface area contributed by atoms with E-state index in [0.717, 1.165) is 5.56 Å². The monoisotopic (exact) mass is 243 g/mol. The van der Waals surface area contributed by atoms with Gasteiger partial charge in [0.2, 0.25) is 0 Å². The lowest BCUT2D eigenvalue weighted by Crippen LogP contribution is -2.03. The smallest absolute Gasteiger partial charge is 0.290 e. The fourth-order valence-electron chi connectivity index (χ4n) is 1.63. The molecule has 0 bridgehead atoms. The summed E-state index contributed by atoms with van der Waals surface area (Å²) in [7, 11) is 0. The lowest BCUT2D eigenvalue weighted by molar-refractivity contribution is -0.385. The molecular weight excluding hydrogens is 230 g/mol. The van der Waals surface area contributed by atoms with E-state index in [1.807, 2.05) is 30.3 Å². The quantitative estimate of drug-likeness (QED) is 0.662. The summed E-state index contributed by atoms with van der Waals surface area (Å²) in [6.07, 6.45) is 0. The van der Waals surface area contributed by atoms with Crippen LogP contribution in [0, 0.1) is 17.0 Å². The minimum absolute atomic E-state index is 0.0419. The maximum Gasteiger partial charge on any atom is 0.290 e. The number of rotatable bonds is 4. The van der Waals surface area contributed by atoms with Crippen molar-refractivity contribution in [3.8, 4) is 0 Å². The van der Waals surface area contributed by atoms with Gasteiger partial charge in [0.05, 0.1) is 4.92 Å². The Balaban J connectivity index is 2.07. The van der Waals surface area contributed by atoms with Crippen LogP contribution in [0.3, 0.4) is 0 Å². The molecule has 0 aliphatic rings. The molecule has 1 aromatic carbocycles. The molecule has 0 saturated heterocycles. The van der Waals surface area contributed by atoms with Crippen molar-refractivity contribution in [1.29, 1.82) is 0 Å². The zero-order valence-electron chi connectivity index (χ0n) is 9.96. The van der Waals surface area contributed by atoms with Gasteiger partial charge >= 0.3 is 0 Å². The van der Waals surface area contributed by atoms with Crippen molar-refractivity contribution in [2.24, 2.45) is 0 Å². The topological polar surface area (TPSA) is 68.1 Å². The molecule has 2 rings (SSSR count). The highest BCUT2D eigenvalue weighted by Gasteiger charge is 2.11. The molecule has 0 spiro atoms. The van der Waals surface area contributed by atoms with E-state index in [0.29, 0.717) is 18.1 Å². The molecule has 5 heteroatoms. The molecule has 0 fully saturated rings. The number of aryl methyl sites for hydroxylation is 1. The lowest BCUT2D eigenvalue weighted by atomic mass is 10.2. The molecule has 0 aliphatic heterocycles. The van der Waals surface area contributed by atoms with Gasteiger partial charge in [-0.1, -0.05) is 30.3 Å². The molecule has 0 atom stereocenters. The van der Waals surface area contributed by atoms with E-state index < -0.39 is 4.92 Å². The van der Waals surface area contributed by atoms with Gasteiger partial charge in [-0.05, 0) is 18.6 Å². The van der Waals surface area contributed by atoms with Gasteiger partial charge in [-0.3, -0.25) is 10.1 Å². The van der Waals surface area contributed by atoms with Crippen molar-refractivity contribution >= 4 is 11.5 Å². The number of nitrogens with one attached hydrogen (secondary N) is 1. The van der Waals surface area contributed by atoms with Crippen molar-refractivity contribution < 1.29 is 4.92 Å². The molecule has 92 valence electrons. The van der Waals surface area contributed by atoms with Crippen LogP contribution in [0.15, 0.2) is 42.5 Å². The number of nitrogens with zero attached hydrogens (tertiary/aromatic N) is 2. The van der Waals surface area contributed by atoms with E-state index in [9.17, 15) is 10.1 Å². The van der Waals surface area contributed by atoms with Crippen LogP contribution in [-0.2, 0) is 6.54 Å². The Hall–Kier alpha value is -2.43. The first-order valence-corrected chi connectivity index (χ1v) is 5.56. The first kappa shape index (κ1) is 12.0. The van der Waals surface area contributed by atoms with Crippen LogP contribution in [0.2, 0.25) is 0 Å². The number of hydrogen-bond acceptors (Lipinski definition) is 4. The highest BCUT2D eigenvalue weighted by molar-refractivity contribution is 5.45. The van der Waals surface area contributed by atoms with E-state index in [1.54, 1.807) is 13.0 Å². The number of hydrogen-bond donors (Lipinski definition) is 1. The average molecular weight is 243 g/mol. The third-order valence-electron chi connectivity index (χ3n) is 2.57. The highest BCUT2D eigenvalue weighted by atomic mass is 16.6. The Morgan fingerprint density at radius 1 is 1.22 bits per heavy atom. The fourth-order valence-corrected chi connectivity index (χ4v) is 1.63. The standard InChI is InChI=1S/C13H13N3O2/c1-10-12(16(17)18)7-8-13(15-10)14-9-11-5-3-2-4-6-11/h2-8H,9H2,1H3,(H,14,15). The molecule has 1 heterocycles. The van der Waals surface area contributed by atoms with Crippen LogP contribution in [0.1, 0.15) is 11.3 Å². The van der Waals surface area contributed by atoms with E-state index in [4.69, 9.17) is 0 Å². The van der Waals surface area contributed by atoms with Crippen LogP contribution in [0.25, 0.3) is 0 Å². The maximum atomic E-state index is 10.7. The van der Waals surface area contributed by atoms with Crippen LogP contribution < -0.4 is 5.32 Å². The molecule has 1 N–H and O–H groups in total. The molecule has 0 saturated carbocycles. The van der Waals surface area contributed by atoms with Gasteiger partial charge in [-0.25, -0.2) is 4.98 Å². The Labute approximate surface area is 105 Å². The van der Waals surface area contributed by atoms with Gasteiger partial charge in [0.15, 0.2) is 0 Å². The van der Waals surface area contributed by atoms with Crippen molar-refractivity contribution in [2.45, 2.75) is 13.5 Å². The summed E-state index contributed by atoms with van der Waals surface area (Å²) in [6, 6.07) is 13.0. The fraction of sp³-hybridized carbons (Fsp3) is 0.154. The number of benzene rings is 1. The SMILES string of the molecule is Cc1nc(NCc2ccccc2)ccc1[N+](=O)[O-]. The largest absolute Gasteiger partial charge is 0.366 e. The summed E-state index contributed by atoms with van der Waals surface area (Å²) in [4.78, 5) is 14.4. The summed E-state index contributed by atoms with van der Waals surface area (Å²) in [5, 5.41) is 13.8. The minimum Gasteiger partial charge on any atom is -0.366 e. The first-order chi connectivity index (χ1) is 8.66. The summed E-state index contributed by atoms with van der Waals surface area (Å²) < 4.78 is 0. The predicted molar refractivity (Wildman–Crippen MR) is 69.4 cm³/mol. The van der Waals surface area contributed by atoms with Crippen molar-refractivity contribution in [2.75, 3.05) is 5.32 Å². The van der Waals surface area contributed by atoms with Gasteiger partial charge in [0, 0.05) is 12.6 Å². The summed E-state index contributed by atoms with van der Waals surface area (Å²) in [5.41, 5.74) is 1.59. The maximum absolute atomic E-state index is 10.7. The van der Waals surface area contributed by atoms with Crippen LogP contribution >= 0.6 is 0 Å². The number of aromatic nitrogens is 1.